The molecule has 7 aliphatic rings. The van der Waals surface area contributed by atoms with Crippen LogP contribution in [0, 0.1) is 45.8 Å². The molecule has 7 rings (SSSR count). The molecule has 5 fully saturated rings. The molecule has 0 radical (unpaired) electrons. The first-order chi connectivity index (χ1) is 22.9. The van der Waals surface area contributed by atoms with E-state index in [1.54, 1.807) is 0 Å². The lowest BCUT2D eigenvalue weighted by Gasteiger charge is -2.68. The van der Waals surface area contributed by atoms with Crippen molar-refractivity contribution < 1.29 is 14.3 Å². The number of amides is 1. The summed E-state index contributed by atoms with van der Waals surface area (Å²) < 4.78 is 5.16. The van der Waals surface area contributed by atoms with E-state index in [-0.39, 0.29) is 17.3 Å². The number of esters is 1. The van der Waals surface area contributed by atoms with Gasteiger partial charge in [0.25, 0.3) is 0 Å². The van der Waals surface area contributed by atoms with Crippen LogP contribution in [-0.2, 0) is 14.3 Å². The summed E-state index contributed by atoms with van der Waals surface area (Å²) in [4.78, 5) is 27.6. The summed E-state index contributed by atoms with van der Waals surface area (Å²) in [6.45, 7) is 16.9. The molecule has 0 aromatic rings. The Morgan fingerprint density at radius 3 is 2.40 bits per heavy atom. The van der Waals surface area contributed by atoms with Crippen molar-refractivity contribution >= 4 is 23.6 Å². The Morgan fingerprint density at radius 2 is 1.69 bits per heavy atom. The predicted molar refractivity (Wildman–Crippen MR) is 197 cm³/mol. The number of ether oxygens (including phenoxy) is 1. The third-order valence-electron chi connectivity index (χ3n) is 16.0. The highest BCUT2D eigenvalue weighted by molar-refractivity contribution is 7.99. The molecule has 4 saturated carbocycles. The first-order valence-corrected chi connectivity index (χ1v) is 20.9. The zero-order chi connectivity index (χ0) is 34.0. The normalized spacial score (nSPS) is 43.8. The summed E-state index contributed by atoms with van der Waals surface area (Å²) in [5.74, 6) is 6.20. The van der Waals surface area contributed by atoms with Gasteiger partial charge in [-0.1, -0.05) is 46.3 Å². The molecule has 6 aliphatic carbocycles. The smallest absolute Gasteiger partial charge is 0.331 e. The number of nitrogens with one attached hydrogen (secondary N) is 2. The number of hydrogen-bond donors (Lipinski definition) is 2. The van der Waals surface area contributed by atoms with Gasteiger partial charge in [0, 0.05) is 50.1 Å². The Balaban J connectivity index is 1.08. The predicted octanol–water partition coefficient (Wildman–Crippen LogP) is 7.54. The molecular formula is C41H65N3O3S. The summed E-state index contributed by atoms with van der Waals surface area (Å²) in [7, 11) is 1.42. The van der Waals surface area contributed by atoms with Gasteiger partial charge in [0.05, 0.1) is 7.11 Å². The van der Waals surface area contributed by atoms with Crippen molar-refractivity contribution in [3.05, 3.63) is 23.3 Å². The molecule has 1 heterocycles. The van der Waals surface area contributed by atoms with Gasteiger partial charge in [0.2, 0.25) is 5.91 Å². The number of hydrogen-bond acceptors (Lipinski definition) is 6. The van der Waals surface area contributed by atoms with Crippen LogP contribution in [0.15, 0.2) is 23.3 Å². The Hall–Kier alpha value is -1.31. The van der Waals surface area contributed by atoms with Crippen LogP contribution in [0.4, 0.5) is 0 Å². The zero-order valence-electron chi connectivity index (χ0n) is 31.1. The third kappa shape index (κ3) is 5.67. The number of methoxy groups -OCH3 is 1. The Labute approximate surface area is 295 Å². The molecule has 1 aliphatic heterocycles. The molecule has 0 aromatic heterocycles. The second-order valence-electron chi connectivity index (χ2n) is 18.3. The number of thioether (sulfide) groups is 1. The fourth-order valence-corrected chi connectivity index (χ4v) is 14.9. The number of rotatable bonds is 7. The van der Waals surface area contributed by atoms with Gasteiger partial charge in [-0.3, -0.25) is 4.79 Å². The molecule has 268 valence electrons. The van der Waals surface area contributed by atoms with Crippen molar-refractivity contribution in [3.8, 4) is 0 Å². The highest BCUT2D eigenvalue weighted by atomic mass is 32.2. The van der Waals surface area contributed by atoms with Gasteiger partial charge in [0.15, 0.2) is 0 Å². The van der Waals surface area contributed by atoms with E-state index in [9.17, 15) is 9.59 Å². The summed E-state index contributed by atoms with van der Waals surface area (Å²) in [5, 5.41) is 7.23. The van der Waals surface area contributed by atoms with Crippen LogP contribution in [0.2, 0.25) is 0 Å². The van der Waals surface area contributed by atoms with Gasteiger partial charge >= 0.3 is 5.97 Å². The van der Waals surface area contributed by atoms with E-state index in [0.717, 1.165) is 30.1 Å². The van der Waals surface area contributed by atoms with Gasteiger partial charge in [-0.05, 0) is 134 Å². The molecule has 8 unspecified atom stereocenters. The lowest BCUT2D eigenvalue weighted by Crippen LogP contribution is -2.64. The monoisotopic (exact) mass is 679 g/mol. The topological polar surface area (TPSA) is 70.7 Å². The van der Waals surface area contributed by atoms with Gasteiger partial charge in [0.1, 0.15) is 5.54 Å². The molecule has 1 saturated heterocycles. The maximum Gasteiger partial charge on any atom is 0.331 e. The van der Waals surface area contributed by atoms with Gasteiger partial charge in [-0.25, -0.2) is 4.79 Å². The van der Waals surface area contributed by atoms with Crippen LogP contribution in [0.1, 0.15) is 118 Å². The number of nitrogens with zero attached hydrogens (tertiary/aromatic N) is 1. The Bertz CT molecular complexity index is 1320. The lowest BCUT2D eigenvalue weighted by molar-refractivity contribution is -0.175. The van der Waals surface area contributed by atoms with E-state index >= 15 is 0 Å². The van der Waals surface area contributed by atoms with Crippen LogP contribution in [0.3, 0.4) is 0 Å². The van der Waals surface area contributed by atoms with Crippen molar-refractivity contribution in [3.63, 3.8) is 0 Å². The van der Waals surface area contributed by atoms with E-state index in [2.05, 4.69) is 67.1 Å². The second-order valence-corrected chi connectivity index (χ2v) is 19.5. The van der Waals surface area contributed by atoms with Crippen molar-refractivity contribution in [2.45, 2.75) is 129 Å². The molecule has 0 spiro atoms. The Kier molecular flexibility index (Phi) is 9.53. The number of carbonyl (C=O) groups is 2. The Morgan fingerprint density at radius 1 is 0.896 bits per heavy atom. The van der Waals surface area contributed by atoms with Crippen LogP contribution < -0.4 is 10.6 Å². The van der Waals surface area contributed by atoms with Crippen molar-refractivity contribution in [1.82, 2.24) is 15.5 Å². The molecular weight excluding hydrogens is 615 g/mol. The fraction of sp³-hybridized carbons (Fsp3) is 0.854. The van der Waals surface area contributed by atoms with Crippen LogP contribution in [0.25, 0.3) is 0 Å². The van der Waals surface area contributed by atoms with E-state index in [1.165, 1.54) is 127 Å². The van der Waals surface area contributed by atoms with Crippen LogP contribution >= 0.6 is 11.8 Å². The molecule has 2 N–H and O–H groups in total. The van der Waals surface area contributed by atoms with Crippen LogP contribution in [-0.4, -0.2) is 72.6 Å². The summed E-state index contributed by atoms with van der Waals surface area (Å²) >= 11 is 2.12. The summed E-state index contributed by atoms with van der Waals surface area (Å²) in [6.07, 6.45) is 20.6. The van der Waals surface area contributed by atoms with Crippen molar-refractivity contribution in [2.24, 2.45) is 45.8 Å². The van der Waals surface area contributed by atoms with E-state index in [4.69, 9.17) is 4.74 Å². The number of carbonyl (C=O) groups excluding carboxylic acids is 2. The minimum atomic E-state index is -0.942. The van der Waals surface area contributed by atoms with E-state index < -0.39 is 5.54 Å². The molecule has 9 atom stereocenters. The molecule has 7 heteroatoms. The molecule has 0 bridgehead atoms. The van der Waals surface area contributed by atoms with Crippen LogP contribution in [0.5, 0.6) is 0 Å². The minimum Gasteiger partial charge on any atom is -0.467 e. The third-order valence-corrected chi connectivity index (χ3v) is 16.9. The zero-order valence-corrected chi connectivity index (χ0v) is 31.9. The molecule has 6 nitrogen and oxygen atoms in total. The molecule has 0 aromatic carbocycles. The maximum absolute atomic E-state index is 12.8. The maximum atomic E-state index is 12.8. The summed E-state index contributed by atoms with van der Waals surface area (Å²) in [6, 6.07) is 0. The number of allylic oxidation sites excluding steroid dienone is 3. The number of fused-ring (bicyclic) bond motifs is 7. The van der Waals surface area contributed by atoms with Gasteiger partial charge < -0.3 is 20.3 Å². The molecule has 1 amide bonds. The van der Waals surface area contributed by atoms with E-state index in [1.807, 2.05) is 0 Å². The lowest BCUT2D eigenvalue weighted by atomic mass is 9.37. The van der Waals surface area contributed by atoms with Gasteiger partial charge in [-0.2, -0.15) is 11.8 Å². The minimum absolute atomic E-state index is 0.0837. The fourth-order valence-electron chi connectivity index (χ4n) is 13.9. The van der Waals surface area contributed by atoms with Gasteiger partial charge in [-0.15, -0.1) is 0 Å². The SMILES string of the molecule is COC(=O)C1(NC(C)=O)CC=C(C2=CCC3(C)C(CCC4(C)C5CCC6(NCCN7CCSCC7)CCC[C@@H]6C5CCC43)C2(C)C)CC1. The van der Waals surface area contributed by atoms with E-state index in [0.29, 0.717) is 35.1 Å². The standard InChI is InChI=1S/C41H65N3O3S/c1-28(45)43-41(36(46)47-6)19-11-29(12-20-41)31-13-17-39(5)34(37(31,2)3)15-18-38(4)32-14-21-40(42-22-23-44-24-26-48-27-25-44)16-7-8-33(40)30(32)9-10-35(38)39/h11,13,30,32-35,42H,7-10,12,14-27H2,1-6H3,(H,43,45)/t30?,32?,33-,34?,35?,38?,39?,40?,41?/m1/s1. The quantitative estimate of drug-likeness (QED) is 0.271. The second kappa shape index (κ2) is 13.0. The van der Waals surface area contributed by atoms with Crippen molar-refractivity contribution in [1.29, 1.82) is 0 Å². The highest BCUT2D eigenvalue weighted by Gasteiger charge is 2.65. The average Bonchev–Trinajstić information content (AvgIpc) is 3.49. The highest BCUT2D eigenvalue weighted by Crippen LogP contribution is 2.72. The van der Waals surface area contributed by atoms with Crippen molar-refractivity contribution in [2.75, 3.05) is 44.8 Å². The summed E-state index contributed by atoms with van der Waals surface area (Å²) in [5.41, 5.74) is 3.20. The largest absolute Gasteiger partial charge is 0.467 e. The average molecular weight is 680 g/mol. The first-order valence-electron chi connectivity index (χ1n) is 19.7. The first kappa shape index (κ1) is 35.1. The molecule has 48 heavy (non-hydrogen) atoms.